The summed E-state index contributed by atoms with van der Waals surface area (Å²) < 4.78 is 4.76. The lowest BCUT2D eigenvalue weighted by Gasteiger charge is -2.19. The van der Waals surface area contributed by atoms with Gasteiger partial charge in [-0.15, -0.1) is 0 Å². The Morgan fingerprint density at radius 3 is 2.00 bits per heavy atom. The van der Waals surface area contributed by atoms with Crippen LogP contribution in [0.15, 0.2) is 0 Å². The lowest BCUT2D eigenvalue weighted by atomic mass is 10.6. The highest BCUT2D eigenvalue weighted by atomic mass is 31.0. The Bertz CT molecular complexity index is 143. The van der Waals surface area contributed by atoms with Gasteiger partial charge in [0.05, 0.1) is 13.2 Å². The Morgan fingerprint density at radius 2 is 1.67 bits per heavy atom. The van der Waals surface area contributed by atoms with Gasteiger partial charge < -0.3 is 4.74 Å². The summed E-state index contributed by atoms with van der Waals surface area (Å²) in [6.45, 7) is 1.10. The van der Waals surface area contributed by atoms with Gasteiger partial charge in [0.2, 0.25) is 0 Å². The highest BCUT2D eigenvalue weighted by Gasteiger charge is 2.06. The molecule has 1 atom stereocenters. The van der Waals surface area contributed by atoms with Gasteiger partial charge in [-0.3, -0.25) is 14.6 Å². The van der Waals surface area contributed by atoms with Crippen LogP contribution in [0.25, 0.3) is 0 Å². The number of esters is 1. The topological polar surface area (TPSA) is 32.8 Å². The van der Waals surface area contributed by atoms with E-state index in [1.54, 1.807) is 0 Å². The van der Waals surface area contributed by atoms with Gasteiger partial charge >= 0.3 is 5.97 Å². The van der Waals surface area contributed by atoms with Crippen LogP contribution in [0.3, 0.4) is 0 Å². The molecule has 0 aromatic rings. The minimum absolute atomic E-state index is 0. The van der Waals surface area contributed by atoms with Crippen molar-refractivity contribution < 1.29 is 9.53 Å². The fourth-order valence-electron chi connectivity index (χ4n) is 0.892. The average molecular weight is 240 g/mol. The molecule has 0 radical (unpaired) electrons. The van der Waals surface area contributed by atoms with Crippen LogP contribution in [-0.4, -0.2) is 56.5 Å². The van der Waals surface area contributed by atoms with Crippen molar-refractivity contribution in [1.82, 2.24) is 9.80 Å². The third-order valence-corrected chi connectivity index (χ3v) is 1.33. The first-order valence-corrected chi connectivity index (χ1v) is 4.57. The van der Waals surface area contributed by atoms with Gasteiger partial charge in [-0.05, 0) is 21.1 Å². The summed E-state index contributed by atoms with van der Waals surface area (Å²) in [5, 5.41) is 0. The molecule has 0 aliphatic heterocycles. The fraction of sp³-hybridized carbons (Fsp3) is 0.900. The van der Waals surface area contributed by atoms with Gasteiger partial charge in [-0.25, -0.2) is 0 Å². The van der Waals surface area contributed by atoms with Crippen molar-refractivity contribution in [3.63, 3.8) is 0 Å². The molecule has 1 unspecified atom stereocenters. The molecule has 5 heteroatoms. The third kappa shape index (κ3) is 16.5. The van der Waals surface area contributed by atoms with E-state index in [2.05, 4.69) is 9.24 Å². The van der Waals surface area contributed by atoms with Gasteiger partial charge in [-0.2, -0.15) is 0 Å². The van der Waals surface area contributed by atoms with Crippen molar-refractivity contribution in [3.8, 4) is 0 Å². The molecule has 0 spiro atoms. The minimum atomic E-state index is -0.186. The maximum Gasteiger partial charge on any atom is 0.320 e. The SMILES string of the molecule is C.C.C.CN(C)CN(C)CC(=O)OCP. The summed E-state index contributed by atoms with van der Waals surface area (Å²) in [6, 6.07) is 0. The first-order chi connectivity index (χ1) is 5.56. The van der Waals surface area contributed by atoms with E-state index in [1.165, 1.54) is 0 Å². The number of hydrogen-bond donors (Lipinski definition) is 0. The van der Waals surface area contributed by atoms with Crippen molar-refractivity contribution in [1.29, 1.82) is 0 Å². The smallest absolute Gasteiger partial charge is 0.320 e. The van der Waals surface area contributed by atoms with Crippen molar-refractivity contribution in [2.75, 3.05) is 40.7 Å². The molecular weight excluding hydrogens is 211 g/mol. The van der Waals surface area contributed by atoms with Crippen LogP contribution in [0.1, 0.15) is 22.3 Å². The number of carbonyl (C=O) groups is 1. The maximum absolute atomic E-state index is 10.9. The van der Waals surface area contributed by atoms with E-state index in [4.69, 9.17) is 4.74 Å². The monoisotopic (exact) mass is 240 g/mol. The van der Waals surface area contributed by atoms with Crippen LogP contribution < -0.4 is 0 Å². The van der Waals surface area contributed by atoms with Gasteiger partial charge in [0.15, 0.2) is 0 Å². The zero-order chi connectivity index (χ0) is 9.56. The standard InChI is InChI=1S/C7H17N2O2P.3CH4/c1-8(2)5-9(3)4-7(10)11-6-12;;;/h4-6,12H2,1-3H3;3*1H4. The second-order valence-corrected chi connectivity index (χ2v) is 3.25. The Kier molecular flexibility index (Phi) is 22.3. The van der Waals surface area contributed by atoms with Crippen molar-refractivity contribution in [2.24, 2.45) is 0 Å². The molecular formula is C10H29N2O2P. The van der Waals surface area contributed by atoms with Crippen LogP contribution in [0.4, 0.5) is 0 Å². The number of ether oxygens (including phenoxy) is 1. The Labute approximate surface area is 98.2 Å². The van der Waals surface area contributed by atoms with Crippen molar-refractivity contribution in [3.05, 3.63) is 0 Å². The first-order valence-electron chi connectivity index (χ1n) is 3.75. The Balaban J connectivity index is -0.000000202. The number of nitrogens with zero attached hydrogens (tertiary/aromatic N) is 2. The highest BCUT2D eigenvalue weighted by molar-refractivity contribution is 7.16. The van der Waals surface area contributed by atoms with E-state index >= 15 is 0 Å². The number of carbonyl (C=O) groups excluding carboxylic acids is 1. The van der Waals surface area contributed by atoms with Crippen LogP contribution in [0.2, 0.25) is 0 Å². The summed E-state index contributed by atoms with van der Waals surface area (Å²) in [5.41, 5.74) is 0. The predicted molar refractivity (Wildman–Crippen MR) is 72.0 cm³/mol. The molecule has 0 aromatic carbocycles. The number of hydrogen-bond acceptors (Lipinski definition) is 4. The van der Waals surface area contributed by atoms with Crippen LogP contribution >= 0.6 is 9.24 Å². The molecule has 0 amide bonds. The first kappa shape index (κ1) is 24.2. The molecule has 15 heavy (non-hydrogen) atoms. The van der Waals surface area contributed by atoms with Gasteiger partial charge in [-0.1, -0.05) is 31.5 Å². The predicted octanol–water partition coefficient (Wildman–Crippen LogP) is 1.72. The van der Waals surface area contributed by atoms with Gasteiger partial charge in [0, 0.05) is 0 Å². The molecule has 0 fully saturated rings. The van der Waals surface area contributed by atoms with Crippen molar-refractivity contribution >= 4 is 15.2 Å². The zero-order valence-corrected chi connectivity index (χ0v) is 9.06. The summed E-state index contributed by atoms with van der Waals surface area (Å²) in [5.74, 6) is -0.186. The normalized spacial score (nSPS) is 8.67. The van der Waals surface area contributed by atoms with E-state index in [-0.39, 0.29) is 28.2 Å². The summed E-state index contributed by atoms with van der Waals surface area (Å²) >= 11 is 0. The Morgan fingerprint density at radius 1 is 1.20 bits per heavy atom. The van der Waals surface area contributed by atoms with Crippen LogP contribution in [-0.2, 0) is 9.53 Å². The van der Waals surface area contributed by atoms with E-state index in [0.717, 1.165) is 6.67 Å². The molecule has 0 saturated heterocycles. The fourth-order valence-corrected chi connectivity index (χ4v) is 1.08. The molecule has 0 heterocycles. The summed E-state index contributed by atoms with van der Waals surface area (Å²) in [6.07, 6.45) is 0.370. The second-order valence-electron chi connectivity index (χ2n) is 2.92. The van der Waals surface area contributed by atoms with Crippen LogP contribution in [0, 0.1) is 0 Å². The molecule has 96 valence electrons. The molecule has 0 aliphatic rings. The molecule has 0 bridgehead atoms. The van der Waals surface area contributed by atoms with E-state index < -0.39 is 0 Å². The summed E-state index contributed by atoms with van der Waals surface area (Å²) in [7, 11) is 8.14. The van der Waals surface area contributed by atoms with E-state index in [9.17, 15) is 4.79 Å². The van der Waals surface area contributed by atoms with Gasteiger partial charge in [0.25, 0.3) is 0 Å². The largest absolute Gasteiger partial charge is 0.461 e. The third-order valence-electron chi connectivity index (χ3n) is 1.17. The molecule has 4 nitrogen and oxygen atoms in total. The molecule has 0 N–H and O–H groups in total. The minimum Gasteiger partial charge on any atom is -0.461 e. The Hall–Kier alpha value is -0.180. The van der Waals surface area contributed by atoms with Crippen LogP contribution in [0.5, 0.6) is 0 Å². The number of likely N-dealkylation sites (N-methyl/N-ethyl adjacent to an activating group) is 1. The average Bonchev–Trinajstić information content (AvgIpc) is 1.84. The maximum atomic E-state index is 10.9. The lowest BCUT2D eigenvalue weighted by molar-refractivity contribution is -0.142. The second kappa shape index (κ2) is 13.8. The molecule has 0 rings (SSSR count). The molecule has 0 aromatic heterocycles. The van der Waals surface area contributed by atoms with E-state index in [0.29, 0.717) is 12.9 Å². The lowest BCUT2D eigenvalue weighted by Crippen LogP contribution is -2.34. The van der Waals surface area contributed by atoms with Crippen molar-refractivity contribution in [2.45, 2.75) is 22.3 Å². The number of rotatable bonds is 5. The quantitative estimate of drug-likeness (QED) is 0.416. The van der Waals surface area contributed by atoms with Gasteiger partial charge in [0.1, 0.15) is 6.35 Å². The highest BCUT2D eigenvalue weighted by Crippen LogP contribution is 1.89. The summed E-state index contributed by atoms with van der Waals surface area (Å²) in [4.78, 5) is 14.8. The molecule has 0 saturated carbocycles. The van der Waals surface area contributed by atoms with E-state index in [1.807, 2.05) is 30.9 Å². The molecule has 0 aliphatic carbocycles. The zero-order valence-electron chi connectivity index (χ0n) is 7.91.